The summed E-state index contributed by atoms with van der Waals surface area (Å²) in [4.78, 5) is 15.1. The van der Waals surface area contributed by atoms with Gasteiger partial charge in [0.05, 0.1) is 11.5 Å². The van der Waals surface area contributed by atoms with Crippen molar-refractivity contribution in [1.82, 2.24) is 4.98 Å². The van der Waals surface area contributed by atoms with Crippen LogP contribution in [0.2, 0.25) is 0 Å². The predicted octanol–water partition coefficient (Wildman–Crippen LogP) is 2.32. The van der Waals surface area contributed by atoms with Crippen LogP contribution in [0.5, 0.6) is 0 Å². The Morgan fingerprint density at radius 1 is 1.47 bits per heavy atom. The molecule has 0 aliphatic heterocycles. The molecule has 2 N–H and O–H groups in total. The number of nitrogens with one attached hydrogen (secondary N) is 1. The van der Waals surface area contributed by atoms with E-state index in [1.54, 1.807) is 6.20 Å². The summed E-state index contributed by atoms with van der Waals surface area (Å²) in [5, 5.41) is 21.4. The first-order valence-corrected chi connectivity index (χ1v) is 6.47. The van der Waals surface area contributed by atoms with Crippen LogP contribution < -0.4 is 5.32 Å². The Kier molecular flexibility index (Phi) is 4.00. The van der Waals surface area contributed by atoms with Crippen molar-refractivity contribution in [1.29, 1.82) is 5.26 Å². The van der Waals surface area contributed by atoms with Gasteiger partial charge in [0, 0.05) is 12.2 Å². The highest BCUT2D eigenvalue weighted by Gasteiger charge is 2.26. The van der Waals surface area contributed by atoms with Crippen LogP contribution in [0.25, 0.3) is 0 Å². The Balaban J connectivity index is 2.02. The van der Waals surface area contributed by atoms with E-state index >= 15 is 0 Å². The first kappa shape index (κ1) is 13.3. The molecule has 1 saturated carbocycles. The molecule has 2 rings (SSSR count). The molecule has 0 saturated heterocycles. The predicted molar refractivity (Wildman–Crippen MR) is 70.7 cm³/mol. The standard InChI is InChI=1S/C14H17N3O2/c1-9-6-7-16-13(12(9)8-15)17-11-4-2-10(3-5-11)14(18)19/h6-7,10-11H,2-5H2,1H3,(H,16,17)(H,18,19). The fraction of sp³-hybridized carbons (Fsp3) is 0.500. The summed E-state index contributed by atoms with van der Waals surface area (Å²) < 4.78 is 0. The van der Waals surface area contributed by atoms with Crippen LogP contribution in [0, 0.1) is 24.2 Å². The number of rotatable bonds is 3. The topological polar surface area (TPSA) is 86.0 Å². The second kappa shape index (κ2) is 5.70. The quantitative estimate of drug-likeness (QED) is 0.870. The third-order valence-corrected chi connectivity index (χ3v) is 3.69. The lowest BCUT2D eigenvalue weighted by Gasteiger charge is -2.27. The van der Waals surface area contributed by atoms with E-state index in [1.165, 1.54) is 0 Å². The van der Waals surface area contributed by atoms with E-state index in [9.17, 15) is 4.79 Å². The van der Waals surface area contributed by atoms with Gasteiger partial charge in [-0.3, -0.25) is 4.79 Å². The number of hydrogen-bond acceptors (Lipinski definition) is 4. The Morgan fingerprint density at radius 2 is 2.16 bits per heavy atom. The maximum absolute atomic E-state index is 10.9. The summed E-state index contributed by atoms with van der Waals surface area (Å²) in [6, 6.07) is 4.18. The van der Waals surface area contributed by atoms with Gasteiger partial charge in [0.2, 0.25) is 0 Å². The van der Waals surface area contributed by atoms with Gasteiger partial charge >= 0.3 is 5.97 Å². The van der Waals surface area contributed by atoms with E-state index in [0.717, 1.165) is 18.4 Å². The van der Waals surface area contributed by atoms with E-state index < -0.39 is 5.97 Å². The molecule has 1 aliphatic rings. The first-order chi connectivity index (χ1) is 9.11. The number of aromatic nitrogens is 1. The molecule has 1 aromatic rings. The number of carboxylic acids is 1. The zero-order chi connectivity index (χ0) is 13.8. The number of anilines is 1. The number of hydrogen-bond donors (Lipinski definition) is 2. The minimum atomic E-state index is -0.704. The van der Waals surface area contributed by atoms with Gasteiger partial charge in [-0.05, 0) is 44.2 Å². The molecule has 5 nitrogen and oxygen atoms in total. The number of pyridine rings is 1. The third kappa shape index (κ3) is 3.02. The highest BCUT2D eigenvalue weighted by Crippen LogP contribution is 2.27. The zero-order valence-corrected chi connectivity index (χ0v) is 10.9. The van der Waals surface area contributed by atoms with Crippen LogP contribution >= 0.6 is 0 Å². The van der Waals surface area contributed by atoms with Crippen molar-refractivity contribution in [2.75, 3.05) is 5.32 Å². The Morgan fingerprint density at radius 3 is 2.74 bits per heavy atom. The smallest absolute Gasteiger partial charge is 0.306 e. The maximum atomic E-state index is 10.9. The van der Waals surface area contributed by atoms with E-state index in [1.807, 2.05) is 13.0 Å². The SMILES string of the molecule is Cc1ccnc(NC2CCC(C(=O)O)CC2)c1C#N. The highest BCUT2D eigenvalue weighted by molar-refractivity contribution is 5.70. The first-order valence-electron chi connectivity index (χ1n) is 6.47. The van der Waals surface area contributed by atoms with Crippen molar-refractivity contribution in [2.24, 2.45) is 5.92 Å². The van der Waals surface area contributed by atoms with Crippen molar-refractivity contribution in [3.8, 4) is 6.07 Å². The Labute approximate surface area is 112 Å². The summed E-state index contributed by atoms with van der Waals surface area (Å²) in [5.74, 6) is -0.315. The molecule has 0 amide bonds. The fourth-order valence-corrected chi connectivity index (χ4v) is 2.49. The van der Waals surface area contributed by atoms with Gasteiger partial charge in [-0.25, -0.2) is 4.98 Å². The zero-order valence-electron chi connectivity index (χ0n) is 10.9. The van der Waals surface area contributed by atoms with Crippen molar-refractivity contribution < 1.29 is 9.90 Å². The second-order valence-corrected chi connectivity index (χ2v) is 4.99. The number of nitriles is 1. The van der Waals surface area contributed by atoms with Gasteiger partial charge in [0.1, 0.15) is 11.9 Å². The molecule has 5 heteroatoms. The normalized spacial score (nSPS) is 22.5. The minimum Gasteiger partial charge on any atom is -0.481 e. The molecule has 100 valence electrons. The summed E-state index contributed by atoms with van der Waals surface area (Å²) in [6.45, 7) is 1.88. The number of aliphatic carboxylic acids is 1. The molecular formula is C14H17N3O2. The van der Waals surface area contributed by atoms with Gasteiger partial charge in [0.15, 0.2) is 0 Å². The summed E-state index contributed by atoms with van der Waals surface area (Å²) >= 11 is 0. The van der Waals surface area contributed by atoms with Gasteiger partial charge in [-0.15, -0.1) is 0 Å². The third-order valence-electron chi connectivity index (χ3n) is 3.69. The molecule has 0 radical (unpaired) electrons. The van der Waals surface area contributed by atoms with Gasteiger partial charge in [-0.2, -0.15) is 5.26 Å². The van der Waals surface area contributed by atoms with Crippen LogP contribution in [0.15, 0.2) is 12.3 Å². The highest BCUT2D eigenvalue weighted by atomic mass is 16.4. The lowest BCUT2D eigenvalue weighted by atomic mass is 9.86. The van der Waals surface area contributed by atoms with E-state index in [2.05, 4.69) is 16.4 Å². The van der Waals surface area contributed by atoms with Crippen LogP contribution in [-0.4, -0.2) is 22.1 Å². The molecule has 1 aromatic heterocycles. The molecule has 19 heavy (non-hydrogen) atoms. The molecule has 0 spiro atoms. The number of carbonyl (C=O) groups is 1. The molecule has 1 aliphatic carbocycles. The number of nitrogens with zero attached hydrogens (tertiary/aromatic N) is 2. The average molecular weight is 259 g/mol. The number of carboxylic acid groups (broad SMARTS) is 1. The summed E-state index contributed by atoms with van der Waals surface area (Å²) in [5.41, 5.74) is 1.47. The van der Waals surface area contributed by atoms with E-state index in [4.69, 9.17) is 10.4 Å². The Hall–Kier alpha value is -2.09. The average Bonchev–Trinajstić information content (AvgIpc) is 2.39. The van der Waals surface area contributed by atoms with Crippen molar-refractivity contribution in [2.45, 2.75) is 38.6 Å². The Bertz CT molecular complexity index is 514. The van der Waals surface area contributed by atoms with Crippen LogP contribution in [-0.2, 0) is 4.79 Å². The molecule has 0 atom stereocenters. The molecular weight excluding hydrogens is 242 g/mol. The molecule has 1 fully saturated rings. The molecule has 0 unspecified atom stereocenters. The molecule has 1 heterocycles. The summed E-state index contributed by atoms with van der Waals surface area (Å²) in [7, 11) is 0. The van der Waals surface area contributed by atoms with Crippen molar-refractivity contribution >= 4 is 11.8 Å². The van der Waals surface area contributed by atoms with Crippen LogP contribution in [0.3, 0.4) is 0 Å². The lowest BCUT2D eigenvalue weighted by molar-refractivity contribution is -0.142. The van der Waals surface area contributed by atoms with Gasteiger partial charge in [-0.1, -0.05) is 0 Å². The van der Waals surface area contributed by atoms with Crippen molar-refractivity contribution in [3.05, 3.63) is 23.4 Å². The molecule has 0 bridgehead atoms. The van der Waals surface area contributed by atoms with Crippen LogP contribution in [0.1, 0.15) is 36.8 Å². The second-order valence-electron chi connectivity index (χ2n) is 4.99. The monoisotopic (exact) mass is 259 g/mol. The largest absolute Gasteiger partial charge is 0.481 e. The summed E-state index contributed by atoms with van der Waals surface area (Å²) in [6.07, 6.45) is 4.65. The van der Waals surface area contributed by atoms with Crippen molar-refractivity contribution in [3.63, 3.8) is 0 Å². The lowest BCUT2D eigenvalue weighted by Crippen LogP contribution is -2.29. The number of aryl methyl sites for hydroxylation is 1. The minimum absolute atomic E-state index is 0.206. The van der Waals surface area contributed by atoms with E-state index in [-0.39, 0.29) is 12.0 Å². The van der Waals surface area contributed by atoms with Crippen LogP contribution in [0.4, 0.5) is 5.82 Å². The maximum Gasteiger partial charge on any atom is 0.306 e. The van der Waals surface area contributed by atoms with Gasteiger partial charge < -0.3 is 10.4 Å². The van der Waals surface area contributed by atoms with E-state index in [0.29, 0.717) is 24.2 Å². The fourth-order valence-electron chi connectivity index (χ4n) is 2.49. The van der Waals surface area contributed by atoms with Gasteiger partial charge in [0.25, 0.3) is 0 Å². The molecule has 0 aromatic carbocycles.